The van der Waals surface area contributed by atoms with Crippen LogP contribution in [0.4, 0.5) is 4.39 Å². The van der Waals surface area contributed by atoms with Crippen LogP contribution in [0.3, 0.4) is 0 Å². The molecule has 0 saturated carbocycles. The number of nitrogens with zero attached hydrogens (tertiary/aromatic N) is 1. The Morgan fingerprint density at radius 1 is 1.45 bits per heavy atom. The number of rotatable bonds is 5. The summed E-state index contributed by atoms with van der Waals surface area (Å²) in [6.07, 6.45) is 0. The Hall–Kier alpha value is -1.72. The van der Waals surface area contributed by atoms with Crippen LogP contribution in [0.1, 0.15) is 29.0 Å². The summed E-state index contributed by atoms with van der Waals surface area (Å²) in [5.74, 6) is -0.432. The number of nitrogens with two attached hydrogens (primary N) is 1. The van der Waals surface area contributed by atoms with Crippen molar-refractivity contribution in [1.29, 1.82) is 5.41 Å². The first kappa shape index (κ1) is 14.7. The van der Waals surface area contributed by atoms with Gasteiger partial charge >= 0.3 is 0 Å². The monoisotopic (exact) mass is 291 g/mol. The third-order valence-corrected chi connectivity index (χ3v) is 4.44. The molecule has 2 aromatic rings. The Morgan fingerprint density at radius 3 is 2.75 bits per heavy atom. The van der Waals surface area contributed by atoms with E-state index in [1.165, 1.54) is 10.9 Å². The molecule has 0 bridgehead atoms. The molecule has 0 saturated heterocycles. The standard InChI is InChI=1S/C15H18FN3S/c1-10(14-4-3-7-20-14)19(2)9-12-6-5-11(15(17)18)8-13(12)16/h3-8,10H,9H2,1-2H3,(H3,17,18). The Morgan fingerprint density at radius 2 is 2.20 bits per heavy atom. The van der Waals surface area contributed by atoms with Gasteiger partial charge < -0.3 is 5.73 Å². The van der Waals surface area contributed by atoms with E-state index < -0.39 is 0 Å². The van der Waals surface area contributed by atoms with Crippen molar-refractivity contribution in [1.82, 2.24) is 4.90 Å². The second kappa shape index (κ2) is 6.15. The van der Waals surface area contributed by atoms with Crippen LogP contribution in [0.25, 0.3) is 0 Å². The van der Waals surface area contributed by atoms with E-state index in [1.54, 1.807) is 23.5 Å². The lowest BCUT2D eigenvalue weighted by Crippen LogP contribution is -2.22. The smallest absolute Gasteiger partial charge is 0.128 e. The van der Waals surface area contributed by atoms with Crippen molar-refractivity contribution in [2.75, 3.05) is 7.05 Å². The van der Waals surface area contributed by atoms with Gasteiger partial charge in [-0.25, -0.2) is 4.39 Å². The molecule has 3 N–H and O–H groups in total. The Bertz CT molecular complexity index is 595. The van der Waals surface area contributed by atoms with Crippen molar-refractivity contribution in [2.24, 2.45) is 5.73 Å². The molecule has 1 heterocycles. The SMILES string of the molecule is CC(c1cccs1)N(C)Cc1ccc(C(=N)N)cc1F. The predicted molar refractivity (Wildman–Crippen MR) is 81.6 cm³/mol. The van der Waals surface area contributed by atoms with Crippen molar-refractivity contribution in [3.8, 4) is 0 Å². The number of nitrogen functional groups attached to an aromatic ring is 1. The highest BCUT2D eigenvalue weighted by atomic mass is 32.1. The van der Waals surface area contributed by atoms with Crippen LogP contribution in [0.15, 0.2) is 35.7 Å². The van der Waals surface area contributed by atoms with Crippen LogP contribution >= 0.6 is 11.3 Å². The fourth-order valence-electron chi connectivity index (χ4n) is 1.99. The molecule has 1 atom stereocenters. The fourth-order valence-corrected chi connectivity index (χ4v) is 2.84. The van der Waals surface area contributed by atoms with Gasteiger partial charge in [0.1, 0.15) is 11.7 Å². The number of hydrogen-bond acceptors (Lipinski definition) is 3. The fraction of sp³-hybridized carbons (Fsp3) is 0.267. The summed E-state index contributed by atoms with van der Waals surface area (Å²) in [6, 6.07) is 9.05. The first-order valence-corrected chi connectivity index (χ1v) is 7.23. The molecule has 0 spiro atoms. The van der Waals surface area contributed by atoms with Gasteiger partial charge in [0, 0.05) is 28.6 Å². The molecular formula is C15H18FN3S. The highest BCUT2D eigenvalue weighted by Gasteiger charge is 2.15. The highest BCUT2D eigenvalue weighted by molar-refractivity contribution is 7.10. The lowest BCUT2D eigenvalue weighted by molar-refractivity contribution is 0.253. The Balaban J connectivity index is 2.11. The summed E-state index contributed by atoms with van der Waals surface area (Å²) in [5.41, 5.74) is 6.38. The summed E-state index contributed by atoms with van der Waals surface area (Å²) in [7, 11) is 1.97. The number of nitrogens with one attached hydrogen (secondary N) is 1. The molecule has 1 aromatic heterocycles. The molecule has 20 heavy (non-hydrogen) atoms. The van der Waals surface area contributed by atoms with E-state index >= 15 is 0 Å². The molecular weight excluding hydrogens is 273 g/mol. The van der Waals surface area contributed by atoms with E-state index in [4.69, 9.17) is 11.1 Å². The first-order valence-electron chi connectivity index (χ1n) is 6.35. The van der Waals surface area contributed by atoms with E-state index in [9.17, 15) is 4.39 Å². The van der Waals surface area contributed by atoms with Gasteiger partial charge in [0.25, 0.3) is 0 Å². The third kappa shape index (κ3) is 3.23. The van der Waals surface area contributed by atoms with Gasteiger partial charge in [-0.05, 0) is 31.5 Å². The van der Waals surface area contributed by atoms with Crippen molar-refractivity contribution in [3.05, 3.63) is 57.5 Å². The maximum Gasteiger partial charge on any atom is 0.128 e. The van der Waals surface area contributed by atoms with Gasteiger partial charge in [0.2, 0.25) is 0 Å². The molecule has 0 aliphatic rings. The minimum Gasteiger partial charge on any atom is -0.384 e. The molecule has 0 amide bonds. The summed E-state index contributed by atoms with van der Waals surface area (Å²) >= 11 is 1.70. The number of thiophene rings is 1. The Kier molecular flexibility index (Phi) is 4.52. The van der Waals surface area contributed by atoms with Gasteiger partial charge in [-0.3, -0.25) is 10.3 Å². The van der Waals surface area contributed by atoms with E-state index in [0.717, 1.165) is 0 Å². The van der Waals surface area contributed by atoms with Crippen molar-refractivity contribution in [3.63, 3.8) is 0 Å². The predicted octanol–water partition coefficient (Wildman–Crippen LogP) is 3.36. The zero-order chi connectivity index (χ0) is 14.7. The minimum absolute atomic E-state index is 0.115. The lowest BCUT2D eigenvalue weighted by atomic mass is 10.1. The van der Waals surface area contributed by atoms with Gasteiger partial charge in [0.05, 0.1) is 0 Å². The number of hydrogen-bond donors (Lipinski definition) is 2. The lowest BCUT2D eigenvalue weighted by Gasteiger charge is -2.24. The van der Waals surface area contributed by atoms with E-state index in [2.05, 4.69) is 17.9 Å². The topological polar surface area (TPSA) is 53.1 Å². The minimum atomic E-state index is -0.317. The van der Waals surface area contributed by atoms with Crippen molar-refractivity contribution in [2.45, 2.75) is 19.5 Å². The molecule has 0 aliphatic carbocycles. The molecule has 0 fully saturated rings. The normalized spacial score (nSPS) is 12.6. The molecule has 2 rings (SSSR count). The molecule has 5 heteroatoms. The maximum atomic E-state index is 14.0. The molecule has 1 aromatic carbocycles. The summed E-state index contributed by atoms with van der Waals surface area (Å²) in [5, 5.41) is 9.35. The number of amidine groups is 1. The van der Waals surface area contributed by atoms with Gasteiger partial charge in [-0.15, -0.1) is 11.3 Å². The van der Waals surface area contributed by atoms with Crippen LogP contribution in [0.5, 0.6) is 0 Å². The van der Waals surface area contributed by atoms with Gasteiger partial charge in [-0.1, -0.05) is 18.2 Å². The highest BCUT2D eigenvalue weighted by Crippen LogP contribution is 2.25. The zero-order valence-electron chi connectivity index (χ0n) is 11.6. The third-order valence-electron chi connectivity index (χ3n) is 3.40. The van der Waals surface area contributed by atoms with Crippen molar-refractivity contribution >= 4 is 17.2 Å². The van der Waals surface area contributed by atoms with E-state index in [-0.39, 0.29) is 17.7 Å². The second-order valence-electron chi connectivity index (χ2n) is 4.83. The van der Waals surface area contributed by atoms with E-state index in [1.807, 2.05) is 18.5 Å². The second-order valence-corrected chi connectivity index (χ2v) is 5.81. The average Bonchev–Trinajstić information content (AvgIpc) is 2.93. The van der Waals surface area contributed by atoms with Crippen LogP contribution in [0, 0.1) is 11.2 Å². The first-order chi connectivity index (χ1) is 9.49. The average molecular weight is 291 g/mol. The van der Waals surface area contributed by atoms with Gasteiger partial charge in [-0.2, -0.15) is 0 Å². The largest absolute Gasteiger partial charge is 0.384 e. The van der Waals surface area contributed by atoms with Gasteiger partial charge in [0.15, 0.2) is 0 Å². The van der Waals surface area contributed by atoms with Crippen LogP contribution < -0.4 is 5.73 Å². The number of halogens is 1. The molecule has 0 radical (unpaired) electrons. The quantitative estimate of drug-likeness (QED) is 0.655. The summed E-state index contributed by atoms with van der Waals surface area (Å²) in [4.78, 5) is 3.35. The zero-order valence-corrected chi connectivity index (χ0v) is 12.4. The van der Waals surface area contributed by atoms with Crippen molar-refractivity contribution < 1.29 is 4.39 Å². The van der Waals surface area contributed by atoms with Crippen LogP contribution in [-0.4, -0.2) is 17.8 Å². The summed E-state index contributed by atoms with van der Waals surface area (Å²) in [6.45, 7) is 2.62. The molecule has 1 unspecified atom stereocenters. The molecule has 3 nitrogen and oxygen atoms in total. The summed E-state index contributed by atoms with van der Waals surface area (Å²) < 4.78 is 14.0. The van der Waals surface area contributed by atoms with E-state index in [0.29, 0.717) is 17.7 Å². The molecule has 106 valence electrons. The van der Waals surface area contributed by atoms with Crippen LogP contribution in [-0.2, 0) is 6.54 Å². The maximum absolute atomic E-state index is 14.0. The number of benzene rings is 1. The van der Waals surface area contributed by atoms with Crippen LogP contribution in [0.2, 0.25) is 0 Å². The molecule has 0 aliphatic heterocycles. The Labute approximate surface area is 122 Å².